The second kappa shape index (κ2) is 8.71. The summed E-state index contributed by atoms with van der Waals surface area (Å²) in [5.41, 5.74) is 0. The van der Waals surface area contributed by atoms with Crippen molar-refractivity contribution in [2.45, 2.75) is 56.5 Å². The molecule has 1 N–H and O–H groups in total. The van der Waals surface area contributed by atoms with Crippen LogP contribution in [0.25, 0.3) is 0 Å². The van der Waals surface area contributed by atoms with E-state index in [0.717, 1.165) is 44.5 Å². The summed E-state index contributed by atoms with van der Waals surface area (Å²) in [6.07, 6.45) is 3.81. The number of rotatable bonds is 6. The number of benzene rings is 1. The highest BCUT2D eigenvalue weighted by molar-refractivity contribution is 7.89. The molecule has 0 aliphatic carbocycles. The van der Waals surface area contributed by atoms with Gasteiger partial charge in [0.15, 0.2) is 0 Å². The zero-order valence-electron chi connectivity index (χ0n) is 15.0. The predicted molar refractivity (Wildman–Crippen MR) is 102 cm³/mol. The number of nitrogens with one attached hydrogen (secondary N) is 1. The minimum absolute atomic E-state index is 0. The van der Waals surface area contributed by atoms with E-state index in [0.29, 0.717) is 17.4 Å². The summed E-state index contributed by atoms with van der Waals surface area (Å²) in [7, 11) is -3.43. The summed E-state index contributed by atoms with van der Waals surface area (Å²) in [5.74, 6) is 1.33. The molecule has 1 aromatic rings. The van der Waals surface area contributed by atoms with Crippen molar-refractivity contribution in [3.8, 4) is 5.75 Å². The number of hydrogen-bond acceptors (Lipinski definition) is 4. The van der Waals surface area contributed by atoms with Crippen LogP contribution in [0.2, 0.25) is 0 Å². The summed E-state index contributed by atoms with van der Waals surface area (Å²) < 4.78 is 33.6. The summed E-state index contributed by atoms with van der Waals surface area (Å²) in [6.45, 7) is 6.63. The lowest BCUT2D eigenvalue weighted by atomic mass is 10.1. The third kappa shape index (κ3) is 4.67. The molecule has 142 valence electrons. The molecule has 2 heterocycles. The van der Waals surface area contributed by atoms with Gasteiger partial charge in [-0.2, -0.15) is 4.31 Å². The molecule has 25 heavy (non-hydrogen) atoms. The van der Waals surface area contributed by atoms with Crippen LogP contribution in [0.4, 0.5) is 0 Å². The lowest BCUT2D eigenvalue weighted by molar-refractivity contribution is 0.289. The number of nitrogens with zero attached hydrogens (tertiary/aromatic N) is 1. The van der Waals surface area contributed by atoms with Gasteiger partial charge in [-0.15, -0.1) is 12.4 Å². The van der Waals surface area contributed by atoms with E-state index in [1.807, 2.05) is 0 Å². The van der Waals surface area contributed by atoms with Crippen LogP contribution in [0.3, 0.4) is 0 Å². The molecule has 7 heteroatoms. The monoisotopic (exact) mass is 388 g/mol. The van der Waals surface area contributed by atoms with Gasteiger partial charge in [-0.1, -0.05) is 13.8 Å². The first kappa shape index (κ1) is 20.5. The van der Waals surface area contributed by atoms with Crippen molar-refractivity contribution in [3.63, 3.8) is 0 Å². The highest BCUT2D eigenvalue weighted by atomic mass is 35.5. The summed E-state index contributed by atoms with van der Waals surface area (Å²) in [6, 6.07) is 7.12. The van der Waals surface area contributed by atoms with Crippen LogP contribution in [0, 0.1) is 5.92 Å². The maximum absolute atomic E-state index is 13.1. The minimum Gasteiger partial charge on any atom is -0.494 e. The molecule has 2 unspecified atom stereocenters. The molecule has 2 aliphatic heterocycles. The van der Waals surface area contributed by atoms with Gasteiger partial charge in [0, 0.05) is 18.6 Å². The van der Waals surface area contributed by atoms with Crippen molar-refractivity contribution >= 4 is 22.4 Å². The Labute approximate surface area is 157 Å². The Morgan fingerprint density at radius 2 is 1.84 bits per heavy atom. The molecule has 2 atom stereocenters. The van der Waals surface area contributed by atoms with Gasteiger partial charge in [0.1, 0.15) is 5.75 Å². The fourth-order valence-corrected chi connectivity index (χ4v) is 5.47. The van der Waals surface area contributed by atoms with Crippen molar-refractivity contribution in [2.75, 3.05) is 19.7 Å². The quantitative estimate of drug-likeness (QED) is 0.813. The molecule has 0 radical (unpaired) electrons. The van der Waals surface area contributed by atoms with Gasteiger partial charge >= 0.3 is 0 Å². The molecule has 2 bridgehead atoms. The van der Waals surface area contributed by atoms with Crippen LogP contribution >= 0.6 is 12.4 Å². The van der Waals surface area contributed by atoms with E-state index in [1.165, 1.54) is 0 Å². The van der Waals surface area contributed by atoms with Gasteiger partial charge in [0.2, 0.25) is 10.0 Å². The van der Waals surface area contributed by atoms with Gasteiger partial charge in [0.05, 0.1) is 11.5 Å². The normalized spacial score (nSPS) is 24.0. The third-order valence-electron chi connectivity index (χ3n) is 4.95. The highest BCUT2D eigenvalue weighted by Gasteiger charge is 2.42. The Kier molecular flexibility index (Phi) is 7.14. The Balaban J connectivity index is 0.00000225. The van der Waals surface area contributed by atoms with E-state index in [2.05, 4.69) is 19.2 Å². The number of sulfonamides is 1. The van der Waals surface area contributed by atoms with E-state index in [1.54, 1.807) is 28.6 Å². The van der Waals surface area contributed by atoms with E-state index in [4.69, 9.17) is 4.74 Å². The minimum atomic E-state index is -3.43. The lowest BCUT2D eigenvalue weighted by Gasteiger charge is -2.26. The Morgan fingerprint density at radius 3 is 2.52 bits per heavy atom. The molecule has 2 aliphatic rings. The van der Waals surface area contributed by atoms with E-state index < -0.39 is 10.0 Å². The molecule has 0 amide bonds. The molecule has 2 fully saturated rings. The fraction of sp³-hybridized carbons (Fsp3) is 0.667. The molecule has 0 aromatic heterocycles. The third-order valence-corrected chi connectivity index (χ3v) is 6.97. The summed E-state index contributed by atoms with van der Waals surface area (Å²) >= 11 is 0. The first-order chi connectivity index (χ1) is 11.5. The molecule has 3 rings (SSSR count). The van der Waals surface area contributed by atoms with Gasteiger partial charge in [-0.05, 0) is 62.4 Å². The SMILES string of the molecule is CC(C)CCOc1ccc(S(=O)(=O)N2C3CCNCC2CC3)cc1.Cl. The molecule has 0 spiro atoms. The van der Waals surface area contributed by atoms with Crippen LogP contribution in [-0.2, 0) is 10.0 Å². The molecule has 0 saturated carbocycles. The first-order valence-electron chi connectivity index (χ1n) is 8.95. The largest absolute Gasteiger partial charge is 0.494 e. The summed E-state index contributed by atoms with van der Waals surface area (Å²) in [4.78, 5) is 0.373. The maximum atomic E-state index is 13.1. The van der Waals surface area contributed by atoms with Crippen molar-refractivity contribution in [3.05, 3.63) is 24.3 Å². The molecule has 2 saturated heterocycles. The zero-order valence-corrected chi connectivity index (χ0v) is 16.6. The van der Waals surface area contributed by atoms with Crippen molar-refractivity contribution in [1.29, 1.82) is 0 Å². The van der Waals surface area contributed by atoms with Crippen molar-refractivity contribution in [2.24, 2.45) is 5.92 Å². The van der Waals surface area contributed by atoms with E-state index in [9.17, 15) is 8.42 Å². The van der Waals surface area contributed by atoms with E-state index in [-0.39, 0.29) is 24.5 Å². The van der Waals surface area contributed by atoms with Crippen LogP contribution in [0.5, 0.6) is 5.75 Å². The van der Waals surface area contributed by atoms with Crippen molar-refractivity contribution < 1.29 is 13.2 Å². The number of hydrogen-bond donors (Lipinski definition) is 1. The first-order valence-corrected chi connectivity index (χ1v) is 10.4. The Hall–Kier alpha value is -0.820. The molecular formula is C18H29ClN2O3S. The lowest BCUT2D eigenvalue weighted by Crippen LogP contribution is -2.42. The Morgan fingerprint density at radius 1 is 1.16 bits per heavy atom. The van der Waals surface area contributed by atoms with Crippen LogP contribution in [0.1, 0.15) is 39.5 Å². The van der Waals surface area contributed by atoms with Gasteiger partial charge < -0.3 is 10.1 Å². The predicted octanol–water partition coefficient (Wildman–Crippen LogP) is 3.05. The number of halogens is 1. The molecular weight excluding hydrogens is 360 g/mol. The summed E-state index contributed by atoms with van der Waals surface area (Å²) in [5, 5.41) is 3.35. The fourth-order valence-electron chi connectivity index (χ4n) is 3.57. The standard InChI is InChI=1S/C18H28N2O3S.ClH/c1-14(2)10-12-23-17-5-7-18(8-6-17)24(21,22)20-15-3-4-16(20)13-19-11-9-15;/h5-8,14-16,19H,3-4,9-13H2,1-2H3;1H. The van der Waals surface area contributed by atoms with E-state index >= 15 is 0 Å². The number of fused-ring (bicyclic) bond motifs is 2. The topological polar surface area (TPSA) is 58.6 Å². The van der Waals surface area contributed by atoms with Crippen LogP contribution < -0.4 is 10.1 Å². The van der Waals surface area contributed by atoms with Crippen LogP contribution in [0.15, 0.2) is 29.2 Å². The smallest absolute Gasteiger partial charge is 0.243 e. The average Bonchev–Trinajstić information content (AvgIpc) is 2.81. The molecule has 5 nitrogen and oxygen atoms in total. The zero-order chi connectivity index (χ0) is 17.2. The second-order valence-electron chi connectivity index (χ2n) is 7.22. The molecule has 1 aromatic carbocycles. The van der Waals surface area contributed by atoms with Crippen LogP contribution in [-0.4, -0.2) is 44.5 Å². The average molecular weight is 389 g/mol. The van der Waals surface area contributed by atoms with Crippen molar-refractivity contribution in [1.82, 2.24) is 9.62 Å². The van der Waals surface area contributed by atoms with Gasteiger partial charge in [-0.3, -0.25) is 0 Å². The Bertz CT molecular complexity index is 635. The van der Waals surface area contributed by atoms with Gasteiger partial charge in [-0.25, -0.2) is 8.42 Å². The maximum Gasteiger partial charge on any atom is 0.243 e. The van der Waals surface area contributed by atoms with Gasteiger partial charge in [0.25, 0.3) is 0 Å². The second-order valence-corrected chi connectivity index (χ2v) is 9.06. The number of ether oxygens (including phenoxy) is 1. The highest BCUT2D eigenvalue weighted by Crippen LogP contribution is 2.34.